The number of allylic oxidation sites excluding steroid dienone is 3. The van der Waals surface area contributed by atoms with E-state index in [1.54, 1.807) is 0 Å². The Morgan fingerprint density at radius 3 is 2.92 bits per heavy atom. The Morgan fingerprint density at radius 1 is 1.42 bits per heavy atom. The molecule has 2 rings (SSSR count). The molecule has 1 aliphatic carbocycles. The summed E-state index contributed by atoms with van der Waals surface area (Å²) < 4.78 is 1.41. The zero-order valence-electron chi connectivity index (χ0n) is 6.91. The molecule has 0 radical (unpaired) electrons. The fourth-order valence-corrected chi connectivity index (χ4v) is 2.31. The molecule has 0 saturated carbocycles. The molecule has 3 heteroatoms. The summed E-state index contributed by atoms with van der Waals surface area (Å²) in [5.41, 5.74) is 3.73. The number of halogens is 1. The average Bonchev–Trinajstić information content (AvgIpc) is 2.39. The van der Waals surface area contributed by atoms with E-state index in [1.165, 1.54) is 14.7 Å². The van der Waals surface area contributed by atoms with Crippen LogP contribution in [0.4, 0.5) is 0 Å². The van der Waals surface area contributed by atoms with Gasteiger partial charge >= 0.3 is 0 Å². The summed E-state index contributed by atoms with van der Waals surface area (Å²) in [7, 11) is 0. The van der Waals surface area contributed by atoms with Gasteiger partial charge in [-0.15, -0.1) is 0 Å². The normalized spacial score (nSPS) is 23.0. The summed E-state index contributed by atoms with van der Waals surface area (Å²) in [4.78, 5) is 11.1. The highest BCUT2D eigenvalue weighted by Gasteiger charge is 2.25. The Labute approximate surface area is 85.2 Å². The highest BCUT2D eigenvalue weighted by molar-refractivity contribution is 14.1. The molecule has 1 aliphatic heterocycles. The second-order valence-electron chi connectivity index (χ2n) is 3.21. The highest BCUT2D eigenvalue weighted by atomic mass is 127. The predicted octanol–water partition coefficient (Wildman–Crippen LogP) is 2.26. The molecule has 1 heterocycles. The van der Waals surface area contributed by atoms with E-state index >= 15 is 0 Å². The fourth-order valence-electron chi connectivity index (χ4n) is 1.71. The monoisotopic (exact) mass is 275 g/mol. The molecule has 0 aromatic carbocycles. The van der Waals surface area contributed by atoms with Crippen LogP contribution in [0.15, 0.2) is 20.4 Å². The van der Waals surface area contributed by atoms with Gasteiger partial charge in [0.2, 0.25) is 5.91 Å². The molecule has 1 amide bonds. The van der Waals surface area contributed by atoms with Crippen LogP contribution in [0.5, 0.6) is 0 Å². The number of carbonyl (C=O) groups is 1. The number of nitrogens with one attached hydrogen (secondary N) is 1. The van der Waals surface area contributed by atoms with Gasteiger partial charge in [-0.1, -0.05) is 0 Å². The molecule has 0 unspecified atom stereocenters. The van der Waals surface area contributed by atoms with Crippen LogP contribution in [-0.2, 0) is 4.79 Å². The zero-order valence-corrected chi connectivity index (χ0v) is 9.07. The molecule has 2 aliphatic rings. The van der Waals surface area contributed by atoms with Crippen LogP contribution < -0.4 is 5.32 Å². The molecule has 0 spiro atoms. The van der Waals surface area contributed by atoms with E-state index in [1.807, 2.05) is 0 Å². The van der Waals surface area contributed by atoms with Gasteiger partial charge in [-0.25, -0.2) is 0 Å². The van der Waals surface area contributed by atoms with Crippen molar-refractivity contribution >= 4 is 28.5 Å². The molecule has 2 nitrogen and oxygen atoms in total. The maximum absolute atomic E-state index is 11.1. The lowest BCUT2D eigenvalue weighted by Gasteiger charge is -2.15. The van der Waals surface area contributed by atoms with E-state index in [4.69, 9.17) is 0 Å². The molecule has 64 valence electrons. The van der Waals surface area contributed by atoms with E-state index in [2.05, 4.69) is 34.8 Å². The lowest BCUT2D eigenvalue weighted by Crippen LogP contribution is -2.15. The molecular weight excluding hydrogens is 265 g/mol. The van der Waals surface area contributed by atoms with Crippen molar-refractivity contribution in [2.24, 2.45) is 0 Å². The van der Waals surface area contributed by atoms with E-state index in [0.29, 0.717) is 6.42 Å². The van der Waals surface area contributed by atoms with Crippen molar-refractivity contribution in [3.8, 4) is 0 Å². The number of rotatable bonds is 0. The molecular formula is C9H10INO. The van der Waals surface area contributed by atoms with Crippen molar-refractivity contribution in [1.29, 1.82) is 0 Å². The van der Waals surface area contributed by atoms with Crippen LogP contribution in [0.25, 0.3) is 0 Å². The Hall–Kier alpha value is -0.320. The van der Waals surface area contributed by atoms with Crippen LogP contribution in [0, 0.1) is 0 Å². The van der Waals surface area contributed by atoms with E-state index in [-0.39, 0.29) is 5.91 Å². The van der Waals surface area contributed by atoms with Crippen molar-refractivity contribution in [2.75, 3.05) is 0 Å². The lowest BCUT2D eigenvalue weighted by molar-refractivity contribution is -0.118. The summed E-state index contributed by atoms with van der Waals surface area (Å²) in [5, 5.41) is 2.91. The molecule has 0 aromatic rings. The number of amides is 1. The standard InChI is InChI=1S/C9H10INO/c1-5-6-4-9(12)11-8(6)3-2-7(5)10/h2-4H2,1H3,(H,11,12). The first kappa shape index (κ1) is 8.29. The van der Waals surface area contributed by atoms with Gasteiger partial charge in [-0.05, 0) is 57.1 Å². The van der Waals surface area contributed by atoms with Crippen LogP contribution in [-0.4, -0.2) is 5.91 Å². The average molecular weight is 275 g/mol. The summed E-state index contributed by atoms with van der Waals surface area (Å²) >= 11 is 2.37. The molecule has 0 atom stereocenters. The lowest BCUT2D eigenvalue weighted by atomic mass is 9.96. The quantitative estimate of drug-likeness (QED) is 0.675. The molecule has 0 bridgehead atoms. The maximum Gasteiger partial charge on any atom is 0.228 e. The van der Waals surface area contributed by atoms with E-state index < -0.39 is 0 Å². The number of hydrogen-bond donors (Lipinski definition) is 1. The predicted molar refractivity (Wildman–Crippen MR) is 55.7 cm³/mol. The Morgan fingerprint density at radius 2 is 2.17 bits per heavy atom. The van der Waals surface area contributed by atoms with Gasteiger partial charge in [-0.2, -0.15) is 0 Å². The molecule has 1 N–H and O–H groups in total. The van der Waals surface area contributed by atoms with Crippen LogP contribution in [0.1, 0.15) is 26.2 Å². The zero-order chi connectivity index (χ0) is 8.72. The van der Waals surface area contributed by atoms with Crippen molar-refractivity contribution < 1.29 is 4.79 Å². The fraction of sp³-hybridized carbons (Fsp3) is 0.444. The Balaban J connectivity index is 2.39. The van der Waals surface area contributed by atoms with E-state index in [0.717, 1.165) is 18.5 Å². The number of carbonyl (C=O) groups excluding carboxylic acids is 1. The van der Waals surface area contributed by atoms with Crippen LogP contribution >= 0.6 is 22.6 Å². The van der Waals surface area contributed by atoms with Crippen LogP contribution in [0.3, 0.4) is 0 Å². The molecule has 0 aromatic heterocycles. The molecule has 0 saturated heterocycles. The minimum absolute atomic E-state index is 0.158. The Bertz CT molecular complexity index is 314. The largest absolute Gasteiger partial charge is 0.329 e. The first-order valence-electron chi connectivity index (χ1n) is 4.06. The SMILES string of the molecule is CC1=C(I)CCC2=C1CC(=O)N2. The first-order chi connectivity index (χ1) is 5.68. The molecule has 0 fully saturated rings. The van der Waals surface area contributed by atoms with Crippen molar-refractivity contribution in [2.45, 2.75) is 26.2 Å². The number of hydrogen-bond acceptors (Lipinski definition) is 1. The second-order valence-corrected chi connectivity index (χ2v) is 4.51. The second kappa shape index (κ2) is 2.87. The van der Waals surface area contributed by atoms with Gasteiger partial charge in [0, 0.05) is 5.70 Å². The van der Waals surface area contributed by atoms with Crippen molar-refractivity contribution in [3.63, 3.8) is 0 Å². The van der Waals surface area contributed by atoms with Gasteiger partial charge in [0.05, 0.1) is 6.42 Å². The van der Waals surface area contributed by atoms with Gasteiger partial charge < -0.3 is 5.32 Å². The van der Waals surface area contributed by atoms with Crippen molar-refractivity contribution in [3.05, 3.63) is 20.4 Å². The molecule has 12 heavy (non-hydrogen) atoms. The maximum atomic E-state index is 11.1. The van der Waals surface area contributed by atoms with E-state index in [9.17, 15) is 4.79 Å². The third kappa shape index (κ3) is 1.20. The summed E-state index contributed by atoms with van der Waals surface area (Å²) in [6.45, 7) is 2.11. The van der Waals surface area contributed by atoms with Gasteiger partial charge in [0.15, 0.2) is 0 Å². The summed E-state index contributed by atoms with van der Waals surface area (Å²) in [5.74, 6) is 0.158. The summed E-state index contributed by atoms with van der Waals surface area (Å²) in [6, 6.07) is 0. The van der Waals surface area contributed by atoms with Gasteiger partial charge in [0.25, 0.3) is 0 Å². The minimum Gasteiger partial charge on any atom is -0.329 e. The third-order valence-corrected chi connectivity index (χ3v) is 3.79. The third-order valence-electron chi connectivity index (χ3n) is 2.45. The smallest absolute Gasteiger partial charge is 0.228 e. The summed E-state index contributed by atoms with van der Waals surface area (Å²) in [6.07, 6.45) is 2.69. The minimum atomic E-state index is 0.158. The van der Waals surface area contributed by atoms with Gasteiger partial charge in [-0.3, -0.25) is 4.79 Å². The highest BCUT2D eigenvalue weighted by Crippen LogP contribution is 2.36. The van der Waals surface area contributed by atoms with Crippen LogP contribution in [0.2, 0.25) is 0 Å². The topological polar surface area (TPSA) is 29.1 Å². The van der Waals surface area contributed by atoms with Crippen molar-refractivity contribution in [1.82, 2.24) is 5.32 Å². The van der Waals surface area contributed by atoms with Gasteiger partial charge in [0.1, 0.15) is 0 Å². The first-order valence-corrected chi connectivity index (χ1v) is 5.14. The Kier molecular flexibility index (Phi) is 1.98.